The largest absolute Gasteiger partial charge is 0.331 e. The highest BCUT2D eigenvalue weighted by molar-refractivity contribution is 7.80. The third kappa shape index (κ3) is 2.77. The van der Waals surface area contributed by atoms with E-state index in [2.05, 4.69) is 22.4 Å². The molecule has 3 rings (SSSR count). The van der Waals surface area contributed by atoms with Gasteiger partial charge < -0.3 is 14.5 Å². The fraction of sp³-hybridized carbons (Fsp3) is 0.125. The molecule has 0 bridgehead atoms. The molecule has 0 atom stereocenters. The Hall–Kier alpha value is -2.11. The molecule has 1 heterocycles. The number of anilines is 1. The van der Waals surface area contributed by atoms with Gasteiger partial charge in [0.1, 0.15) is 0 Å². The molecule has 0 fully saturated rings. The quantitative estimate of drug-likeness (QED) is 0.693. The summed E-state index contributed by atoms with van der Waals surface area (Å²) in [5.74, 6) is 0. The van der Waals surface area contributed by atoms with Crippen LogP contribution in [0.4, 0.5) is 5.69 Å². The number of nitrogens with one attached hydrogen (secondary N) is 1. The Kier molecular flexibility index (Phi) is 4.00. The van der Waals surface area contributed by atoms with Crippen LogP contribution in [0, 0.1) is 0 Å². The van der Waals surface area contributed by atoms with Gasteiger partial charge in [-0.05, 0) is 48.6 Å². The molecule has 1 aromatic heterocycles. The van der Waals surface area contributed by atoms with Gasteiger partial charge in [-0.25, -0.2) is 0 Å². The smallest absolute Gasteiger partial charge is 0.212 e. The predicted molar refractivity (Wildman–Crippen MR) is 95.1 cm³/mol. The number of imidazole rings is 1. The number of hydrogen-bond acceptors (Lipinski definition) is 1. The summed E-state index contributed by atoms with van der Waals surface area (Å²) in [6.45, 7) is 0. The number of aromatic nitrogens is 2. The Bertz CT molecular complexity index is 864. The topological polar surface area (TPSA) is 34.2 Å². The van der Waals surface area contributed by atoms with Gasteiger partial charge in [0.05, 0.1) is 11.0 Å². The Balaban J connectivity index is 1.98. The molecule has 112 valence electrons. The Morgan fingerprint density at radius 3 is 2.09 bits per heavy atom. The maximum Gasteiger partial charge on any atom is 0.212 e. The van der Waals surface area contributed by atoms with E-state index in [9.17, 15) is 0 Å². The predicted octanol–water partition coefficient (Wildman–Crippen LogP) is 3.47. The van der Waals surface area contributed by atoms with E-state index in [4.69, 9.17) is 23.8 Å². The molecule has 0 spiro atoms. The highest BCUT2D eigenvalue weighted by Crippen LogP contribution is 2.14. The number of halogens is 1. The number of para-hydroxylation sites is 2. The summed E-state index contributed by atoms with van der Waals surface area (Å²) in [7, 11) is 3.96. The van der Waals surface area contributed by atoms with E-state index in [0.29, 0.717) is 10.1 Å². The zero-order valence-electron chi connectivity index (χ0n) is 12.2. The van der Waals surface area contributed by atoms with Crippen molar-refractivity contribution in [1.29, 1.82) is 0 Å². The highest BCUT2D eigenvalue weighted by Gasteiger charge is 2.06. The molecule has 0 unspecified atom stereocenters. The molecule has 3 aromatic rings. The summed E-state index contributed by atoms with van der Waals surface area (Å²) in [5.41, 5.74) is 3.86. The van der Waals surface area contributed by atoms with E-state index < -0.39 is 0 Å². The number of rotatable bonds is 1. The minimum absolute atomic E-state index is 0.406. The average molecular weight is 331 g/mol. The first kappa shape index (κ1) is 14.8. The molecule has 0 aliphatic carbocycles. The number of hydrogen-bond donors (Lipinski definition) is 1. The number of benzene rings is 2. The summed E-state index contributed by atoms with van der Waals surface area (Å²) in [4.78, 5) is 4.53. The van der Waals surface area contributed by atoms with Crippen LogP contribution >= 0.6 is 23.8 Å². The molecule has 0 saturated heterocycles. The van der Waals surface area contributed by atoms with Gasteiger partial charge in [-0.15, -0.1) is 0 Å². The molecule has 0 radical (unpaired) electrons. The van der Waals surface area contributed by atoms with E-state index in [1.165, 1.54) is 0 Å². The molecular formula is C16H15ClN4S. The number of fused-ring (bicyclic) bond motifs is 1. The molecule has 2 aromatic carbocycles. The van der Waals surface area contributed by atoms with Gasteiger partial charge in [0.25, 0.3) is 0 Å². The van der Waals surface area contributed by atoms with Crippen molar-refractivity contribution in [2.24, 2.45) is 19.1 Å². The van der Waals surface area contributed by atoms with E-state index in [0.717, 1.165) is 22.3 Å². The fourth-order valence-electron chi connectivity index (χ4n) is 2.40. The van der Waals surface area contributed by atoms with Crippen molar-refractivity contribution in [3.63, 3.8) is 0 Å². The van der Waals surface area contributed by atoms with Crippen molar-refractivity contribution >= 4 is 45.7 Å². The van der Waals surface area contributed by atoms with Crippen LogP contribution in [0.2, 0.25) is 5.02 Å². The number of thiocarbonyl (C=S) groups is 1. The second-order valence-corrected chi connectivity index (χ2v) is 5.78. The normalized spacial score (nSPS) is 10.7. The third-order valence-corrected chi connectivity index (χ3v) is 3.95. The van der Waals surface area contributed by atoms with Crippen LogP contribution in [-0.4, -0.2) is 14.2 Å². The molecule has 0 saturated carbocycles. The van der Waals surface area contributed by atoms with Crippen LogP contribution in [-0.2, 0) is 14.1 Å². The maximum atomic E-state index is 5.87. The highest BCUT2D eigenvalue weighted by atomic mass is 35.5. The number of aryl methyl sites for hydroxylation is 2. The summed E-state index contributed by atoms with van der Waals surface area (Å²) < 4.78 is 4.04. The van der Waals surface area contributed by atoms with E-state index in [-0.39, 0.29) is 0 Å². The SMILES string of the molecule is Cn1c(=NC(=S)Nc2ccc(Cl)cc2)n(C)c2ccccc21. The van der Waals surface area contributed by atoms with Gasteiger partial charge in [-0.1, -0.05) is 23.7 Å². The summed E-state index contributed by atoms with van der Waals surface area (Å²) in [6.07, 6.45) is 0. The van der Waals surface area contributed by atoms with Gasteiger partial charge >= 0.3 is 0 Å². The van der Waals surface area contributed by atoms with Gasteiger partial charge in [-0.2, -0.15) is 4.99 Å². The maximum absolute atomic E-state index is 5.87. The molecule has 6 heteroatoms. The molecule has 0 amide bonds. The van der Waals surface area contributed by atoms with Crippen molar-refractivity contribution < 1.29 is 0 Å². The lowest BCUT2D eigenvalue weighted by Crippen LogP contribution is -2.25. The molecule has 4 nitrogen and oxygen atoms in total. The van der Waals surface area contributed by atoms with Crippen molar-refractivity contribution in [1.82, 2.24) is 9.13 Å². The first-order chi connectivity index (χ1) is 10.6. The molecular weight excluding hydrogens is 316 g/mol. The van der Waals surface area contributed by atoms with Gasteiger partial charge in [0.15, 0.2) is 0 Å². The summed E-state index contributed by atoms with van der Waals surface area (Å²) in [6, 6.07) is 15.5. The number of nitrogens with zero attached hydrogens (tertiary/aromatic N) is 3. The van der Waals surface area contributed by atoms with Crippen molar-refractivity contribution in [2.45, 2.75) is 0 Å². The Morgan fingerprint density at radius 2 is 1.55 bits per heavy atom. The van der Waals surface area contributed by atoms with Crippen LogP contribution in [0.3, 0.4) is 0 Å². The first-order valence-electron chi connectivity index (χ1n) is 6.78. The van der Waals surface area contributed by atoms with Crippen LogP contribution in [0.1, 0.15) is 0 Å². The minimum Gasteiger partial charge on any atom is -0.331 e. The zero-order chi connectivity index (χ0) is 15.7. The molecule has 0 aliphatic heterocycles. The standard InChI is InChI=1S/C16H15ClN4S/c1-20-13-5-3-4-6-14(13)21(2)16(20)19-15(22)18-12-9-7-11(17)8-10-12/h3-10H,1-2H3,(H,18,22). The van der Waals surface area contributed by atoms with E-state index in [1.807, 2.05) is 59.6 Å². The van der Waals surface area contributed by atoms with Crippen molar-refractivity contribution in [3.8, 4) is 0 Å². The molecule has 22 heavy (non-hydrogen) atoms. The monoisotopic (exact) mass is 330 g/mol. The first-order valence-corrected chi connectivity index (χ1v) is 7.56. The molecule has 0 aliphatic rings. The third-order valence-electron chi connectivity index (χ3n) is 3.50. The van der Waals surface area contributed by atoms with Crippen molar-refractivity contribution in [2.75, 3.05) is 5.32 Å². The van der Waals surface area contributed by atoms with E-state index >= 15 is 0 Å². The van der Waals surface area contributed by atoms with Crippen LogP contribution in [0.5, 0.6) is 0 Å². The second-order valence-electron chi connectivity index (χ2n) is 4.96. The van der Waals surface area contributed by atoms with Crippen LogP contribution in [0.25, 0.3) is 11.0 Å². The Morgan fingerprint density at radius 1 is 1.00 bits per heavy atom. The van der Waals surface area contributed by atoms with Gasteiger partial charge in [0, 0.05) is 24.8 Å². The zero-order valence-corrected chi connectivity index (χ0v) is 13.8. The van der Waals surface area contributed by atoms with Crippen LogP contribution in [0.15, 0.2) is 53.5 Å². The lowest BCUT2D eigenvalue weighted by Gasteiger charge is -2.04. The lowest BCUT2D eigenvalue weighted by molar-refractivity contribution is 0.768. The summed E-state index contributed by atoms with van der Waals surface area (Å²) >= 11 is 11.2. The minimum atomic E-state index is 0.406. The second kappa shape index (κ2) is 5.94. The average Bonchev–Trinajstić information content (AvgIpc) is 2.75. The van der Waals surface area contributed by atoms with Gasteiger partial charge in [-0.3, -0.25) is 0 Å². The fourth-order valence-corrected chi connectivity index (χ4v) is 2.72. The van der Waals surface area contributed by atoms with Crippen molar-refractivity contribution in [3.05, 3.63) is 59.2 Å². The lowest BCUT2D eigenvalue weighted by atomic mass is 10.3. The molecule has 1 N–H and O–H groups in total. The summed E-state index contributed by atoms with van der Waals surface area (Å²) in [5, 5.41) is 4.19. The van der Waals surface area contributed by atoms with Gasteiger partial charge in [0.2, 0.25) is 10.7 Å². The van der Waals surface area contributed by atoms with E-state index in [1.54, 1.807) is 0 Å². The Labute approximate surface area is 138 Å². The van der Waals surface area contributed by atoms with Crippen LogP contribution < -0.4 is 10.9 Å².